The van der Waals surface area contributed by atoms with E-state index in [-0.39, 0.29) is 5.78 Å². The largest absolute Gasteiger partial charge is 0.491 e. The van der Waals surface area contributed by atoms with Crippen LogP contribution in [-0.4, -0.2) is 12.4 Å². The molecule has 1 heterocycles. The fourth-order valence-electron chi connectivity index (χ4n) is 1.39. The van der Waals surface area contributed by atoms with Crippen LogP contribution in [0.15, 0.2) is 12.1 Å². The van der Waals surface area contributed by atoms with Crippen molar-refractivity contribution in [2.75, 3.05) is 6.61 Å². The van der Waals surface area contributed by atoms with Gasteiger partial charge in [0, 0.05) is 6.42 Å². The van der Waals surface area contributed by atoms with Crippen molar-refractivity contribution in [3.63, 3.8) is 0 Å². The number of nitrogens with zero attached hydrogens (tertiary/aromatic N) is 1. The summed E-state index contributed by atoms with van der Waals surface area (Å²) >= 11 is 5.86. The first kappa shape index (κ1) is 9.04. The third-order valence-electron chi connectivity index (χ3n) is 2.05. The summed E-state index contributed by atoms with van der Waals surface area (Å²) < 4.78 is 5.26. The first-order valence-corrected chi connectivity index (χ1v) is 4.50. The lowest BCUT2D eigenvalue weighted by Crippen LogP contribution is -2.15. The second kappa shape index (κ2) is 3.32. The normalized spacial score (nSPS) is 14.1. The fraction of sp³-hybridized carbons (Fsp3) is 0.200. The highest BCUT2D eigenvalue weighted by Gasteiger charge is 2.21. The molecule has 0 N–H and O–H groups in total. The summed E-state index contributed by atoms with van der Waals surface area (Å²) in [5.74, 6) is 0.382. The number of ether oxygens (including phenoxy) is 1. The number of carbonyl (C=O) groups is 1. The van der Waals surface area contributed by atoms with Crippen molar-refractivity contribution >= 4 is 17.4 Å². The molecule has 1 aliphatic rings. The number of rotatable bonds is 0. The molecule has 1 aromatic rings. The maximum atomic E-state index is 11.5. The quantitative estimate of drug-likeness (QED) is 0.655. The van der Waals surface area contributed by atoms with Gasteiger partial charge in [-0.05, 0) is 12.1 Å². The Morgan fingerprint density at radius 1 is 1.50 bits per heavy atom. The van der Waals surface area contributed by atoms with Gasteiger partial charge in [-0.2, -0.15) is 5.26 Å². The number of hydrogen-bond donors (Lipinski definition) is 0. The zero-order valence-electron chi connectivity index (χ0n) is 7.21. The monoisotopic (exact) mass is 207 g/mol. The van der Waals surface area contributed by atoms with Gasteiger partial charge in [0.2, 0.25) is 0 Å². The standard InChI is InChI=1S/C10H6ClNO2/c11-8-4-6(5-12)3-7-9(13)1-2-14-10(7)8/h3-4H,1-2H2. The molecule has 3 nitrogen and oxygen atoms in total. The van der Waals surface area contributed by atoms with Crippen molar-refractivity contribution in [1.82, 2.24) is 0 Å². The molecule has 0 aromatic heterocycles. The Balaban J connectivity index is 2.64. The Kier molecular flexibility index (Phi) is 2.14. The van der Waals surface area contributed by atoms with Crippen LogP contribution in [0.5, 0.6) is 5.75 Å². The summed E-state index contributed by atoms with van der Waals surface area (Å²) in [6, 6.07) is 4.96. The van der Waals surface area contributed by atoms with E-state index in [9.17, 15) is 4.79 Å². The Morgan fingerprint density at radius 2 is 2.29 bits per heavy atom. The highest BCUT2D eigenvalue weighted by atomic mass is 35.5. The van der Waals surface area contributed by atoms with Gasteiger partial charge in [-0.15, -0.1) is 0 Å². The molecule has 0 bridgehead atoms. The number of carbonyl (C=O) groups excluding carboxylic acids is 1. The molecular formula is C10H6ClNO2. The van der Waals surface area contributed by atoms with Crippen molar-refractivity contribution in [1.29, 1.82) is 5.26 Å². The summed E-state index contributed by atoms with van der Waals surface area (Å²) in [5.41, 5.74) is 0.799. The SMILES string of the molecule is N#Cc1cc(Cl)c2c(c1)C(=O)CCO2. The number of halogens is 1. The molecule has 0 radical (unpaired) electrons. The Hall–Kier alpha value is -1.53. The highest BCUT2D eigenvalue weighted by Crippen LogP contribution is 2.33. The zero-order valence-corrected chi connectivity index (χ0v) is 7.97. The molecule has 14 heavy (non-hydrogen) atoms. The molecule has 70 valence electrons. The van der Waals surface area contributed by atoms with Gasteiger partial charge in [-0.3, -0.25) is 4.79 Å². The lowest BCUT2D eigenvalue weighted by atomic mass is 10.0. The number of nitriles is 1. The van der Waals surface area contributed by atoms with Crippen LogP contribution >= 0.6 is 11.6 Å². The summed E-state index contributed by atoms with van der Waals surface area (Å²) in [5, 5.41) is 9.02. The lowest BCUT2D eigenvalue weighted by molar-refractivity contribution is 0.0933. The summed E-state index contributed by atoms with van der Waals surface area (Å²) in [6.07, 6.45) is 0.345. The Morgan fingerprint density at radius 3 is 3.00 bits per heavy atom. The summed E-state index contributed by atoms with van der Waals surface area (Å²) in [4.78, 5) is 11.5. The maximum Gasteiger partial charge on any atom is 0.170 e. The van der Waals surface area contributed by atoms with E-state index in [1.807, 2.05) is 6.07 Å². The van der Waals surface area contributed by atoms with E-state index in [4.69, 9.17) is 21.6 Å². The van der Waals surface area contributed by atoms with Crippen LogP contribution in [0, 0.1) is 11.3 Å². The van der Waals surface area contributed by atoms with Crippen LogP contribution in [0.25, 0.3) is 0 Å². The lowest BCUT2D eigenvalue weighted by Gasteiger charge is -2.17. The van der Waals surface area contributed by atoms with Crippen LogP contribution in [0.4, 0.5) is 0 Å². The molecule has 0 aliphatic carbocycles. The van der Waals surface area contributed by atoms with E-state index >= 15 is 0 Å². The van der Waals surface area contributed by atoms with Crippen LogP contribution in [0.1, 0.15) is 22.3 Å². The molecule has 4 heteroatoms. The molecule has 0 saturated carbocycles. The fourth-order valence-corrected chi connectivity index (χ4v) is 1.67. The second-order valence-corrected chi connectivity index (χ2v) is 3.38. The van der Waals surface area contributed by atoms with Crippen molar-refractivity contribution in [2.45, 2.75) is 6.42 Å². The third-order valence-corrected chi connectivity index (χ3v) is 2.33. The molecule has 0 amide bonds. The van der Waals surface area contributed by atoms with Crippen molar-refractivity contribution in [3.8, 4) is 11.8 Å². The molecule has 0 atom stereocenters. The molecule has 0 fully saturated rings. The number of ketones is 1. The first-order chi connectivity index (χ1) is 6.72. The van der Waals surface area contributed by atoms with Crippen molar-refractivity contribution < 1.29 is 9.53 Å². The molecule has 2 rings (SSSR count). The predicted molar refractivity (Wildman–Crippen MR) is 50.6 cm³/mol. The van der Waals surface area contributed by atoms with Crippen LogP contribution in [0.2, 0.25) is 5.02 Å². The number of benzene rings is 1. The minimum atomic E-state index is -0.0229. The second-order valence-electron chi connectivity index (χ2n) is 2.97. The average molecular weight is 208 g/mol. The molecule has 0 spiro atoms. The van der Waals surface area contributed by atoms with Crippen LogP contribution in [0.3, 0.4) is 0 Å². The molecule has 1 aromatic carbocycles. The van der Waals surface area contributed by atoms with Gasteiger partial charge in [0.15, 0.2) is 5.78 Å². The minimum Gasteiger partial charge on any atom is -0.491 e. The van der Waals surface area contributed by atoms with E-state index in [2.05, 4.69) is 0 Å². The van der Waals surface area contributed by atoms with Gasteiger partial charge in [-0.25, -0.2) is 0 Å². The van der Waals surface area contributed by atoms with Gasteiger partial charge >= 0.3 is 0 Å². The van der Waals surface area contributed by atoms with Gasteiger partial charge in [0.25, 0.3) is 0 Å². The number of hydrogen-bond acceptors (Lipinski definition) is 3. The number of Topliss-reactive ketones (excluding diaryl/α,β-unsaturated/α-hetero) is 1. The topological polar surface area (TPSA) is 50.1 Å². The molecule has 1 aliphatic heterocycles. The van der Waals surface area contributed by atoms with Crippen molar-refractivity contribution in [3.05, 3.63) is 28.3 Å². The van der Waals surface area contributed by atoms with Gasteiger partial charge in [0.1, 0.15) is 5.75 Å². The third kappa shape index (κ3) is 1.34. The first-order valence-electron chi connectivity index (χ1n) is 4.12. The van der Waals surface area contributed by atoms with Gasteiger partial charge in [-0.1, -0.05) is 11.6 Å². The van der Waals surface area contributed by atoms with Gasteiger partial charge < -0.3 is 4.74 Å². The smallest absolute Gasteiger partial charge is 0.170 e. The van der Waals surface area contributed by atoms with Crippen LogP contribution < -0.4 is 4.74 Å². The van der Waals surface area contributed by atoms with E-state index in [1.54, 1.807) is 0 Å². The Labute approximate surface area is 85.9 Å². The molecule has 0 saturated heterocycles. The minimum absolute atomic E-state index is 0.0229. The Bertz CT molecular complexity index is 448. The predicted octanol–water partition coefficient (Wildman–Crippen LogP) is 2.18. The zero-order chi connectivity index (χ0) is 10.1. The maximum absolute atomic E-state index is 11.5. The van der Waals surface area contributed by atoms with E-state index in [1.165, 1.54) is 12.1 Å². The van der Waals surface area contributed by atoms with E-state index in [0.717, 1.165) is 0 Å². The summed E-state index contributed by atoms with van der Waals surface area (Å²) in [6.45, 7) is 0.359. The van der Waals surface area contributed by atoms with E-state index < -0.39 is 0 Å². The molecular weight excluding hydrogens is 202 g/mol. The highest BCUT2D eigenvalue weighted by molar-refractivity contribution is 6.33. The number of fused-ring (bicyclic) bond motifs is 1. The van der Waals surface area contributed by atoms with E-state index in [0.29, 0.717) is 34.9 Å². The average Bonchev–Trinajstić information content (AvgIpc) is 2.19. The van der Waals surface area contributed by atoms with Crippen LogP contribution in [-0.2, 0) is 0 Å². The van der Waals surface area contributed by atoms with Crippen molar-refractivity contribution in [2.24, 2.45) is 0 Å². The summed E-state index contributed by atoms with van der Waals surface area (Å²) in [7, 11) is 0. The molecule has 0 unspecified atom stereocenters. The van der Waals surface area contributed by atoms with Gasteiger partial charge in [0.05, 0.1) is 28.8 Å².